The number of ether oxygens (including phenoxy) is 2. The van der Waals surface area contributed by atoms with E-state index in [1.807, 2.05) is 0 Å². The van der Waals surface area contributed by atoms with E-state index in [0.29, 0.717) is 0 Å². The molecule has 0 bridgehead atoms. The lowest BCUT2D eigenvalue weighted by Gasteiger charge is -2.47. The highest BCUT2D eigenvalue weighted by Crippen LogP contribution is 2.67. The van der Waals surface area contributed by atoms with Crippen molar-refractivity contribution in [3.63, 3.8) is 0 Å². The van der Waals surface area contributed by atoms with Crippen LogP contribution in [0.2, 0.25) is 0 Å². The Hall–Kier alpha value is -4.83. The highest BCUT2D eigenvalue weighted by molar-refractivity contribution is 8.26. The summed E-state index contributed by atoms with van der Waals surface area (Å²) in [7, 11) is 0. The molecule has 0 saturated heterocycles. The summed E-state index contributed by atoms with van der Waals surface area (Å²) in [5.74, 6) is 3.39. The molecule has 0 unspecified atom stereocenters. The van der Waals surface area contributed by atoms with Gasteiger partial charge in [0.05, 0.1) is 50.0 Å². The molecule has 4 nitrogen and oxygen atoms in total. The lowest BCUT2D eigenvalue weighted by atomic mass is 9.85. The zero-order valence-electron chi connectivity index (χ0n) is 32.5. The summed E-state index contributed by atoms with van der Waals surface area (Å²) >= 11 is 7.34. The predicted molar refractivity (Wildman–Crippen MR) is 231 cm³/mol. The van der Waals surface area contributed by atoms with E-state index >= 15 is 0 Å². The first-order valence-electron chi connectivity index (χ1n) is 19.0. The molecule has 0 saturated carbocycles. The lowest BCUT2D eigenvalue weighted by molar-refractivity contribution is 0.442. The summed E-state index contributed by atoms with van der Waals surface area (Å²) in [6.45, 7) is 20.4. The second-order valence-electron chi connectivity index (χ2n) is 18.2. The molecule has 0 aliphatic carbocycles. The van der Waals surface area contributed by atoms with Gasteiger partial charge in [-0.05, 0) is 58.2 Å². The summed E-state index contributed by atoms with van der Waals surface area (Å²) in [5, 5.41) is 5.71. The number of nitrogens with zero attached hydrogens (tertiary/aromatic N) is 2. The summed E-state index contributed by atoms with van der Waals surface area (Å²) in [6, 6.07) is 37.1. The van der Waals surface area contributed by atoms with Crippen molar-refractivity contribution in [2.75, 3.05) is 4.90 Å². The Bertz CT molecular complexity index is 2660. The monoisotopic (exact) mass is 744 g/mol. The fourth-order valence-corrected chi connectivity index (χ4v) is 13.9. The maximum atomic E-state index is 7.34. The van der Waals surface area contributed by atoms with Gasteiger partial charge in [0.2, 0.25) is 0 Å². The predicted octanol–water partition coefficient (Wildman–Crippen LogP) is 12.4. The Morgan fingerprint density at radius 1 is 0.500 bits per heavy atom. The highest BCUT2D eigenvalue weighted by atomic mass is 32.4. The molecule has 1 aromatic heterocycles. The summed E-state index contributed by atoms with van der Waals surface area (Å²) < 4.78 is 17.0. The minimum absolute atomic E-state index is 0.0443. The Morgan fingerprint density at radius 3 is 1.41 bits per heavy atom. The molecule has 3 aliphatic rings. The van der Waals surface area contributed by atoms with Crippen LogP contribution in [0.3, 0.4) is 0 Å². The van der Waals surface area contributed by atoms with Gasteiger partial charge < -0.3 is 18.9 Å². The van der Waals surface area contributed by atoms with E-state index in [1.54, 1.807) is 0 Å². The molecule has 0 radical (unpaired) electrons. The van der Waals surface area contributed by atoms with Gasteiger partial charge in [0.25, 0.3) is 0 Å². The van der Waals surface area contributed by atoms with Crippen LogP contribution in [-0.4, -0.2) is 4.57 Å². The second-order valence-corrected chi connectivity index (χ2v) is 22.4. The van der Waals surface area contributed by atoms with Crippen LogP contribution in [0.15, 0.2) is 109 Å². The van der Waals surface area contributed by atoms with Crippen molar-refractivity contribution in [2.45, 2.75) is 78.6 Å². The third kappa shape index (κ3) is 4.52. The Morgan fingerprint density at radius 2 is 0.963 bits per heavy atom. The molecule has 54 heavy (non-hydrogen) atoms. The number of hydrogen-bond donors (Lipinski definition) is 0. The molecule has 0 fully saturated rings. The van der Waals surface area contributed by atoms with Gasteiger partial charge in [0.15, 0.2) is 0 Å². The summed E-state index contributed by atoms with van der Waals surface area (Å²) in [4.78, 5) is 2.41. The molecular weight excluding hydrogens is 700 g/mol. The molecule has 0 spiro atoms. The van der Waals surface area contributed by atoms with Crippen LogP contribution in [0.25, 0.3) is 27.5 Å². The minimum atomic E-state index is -2.73. The maximum absolute atomic E-state index is 7.34. The van der Waals surface area contributed by atoms with E-state index in [-0.39, 0.29) is 16.2 Å². The first-order chi connectivity index (χ1) is 25.6. The zero-order chi connectivity index (χ0) is 37.7. The van der Waals surface area contributed by atoms with Gasteiger partial charge in [0.1, 0.15) is 23.0 Å². The fourth-order valence-electron chi connectivity index (χ4n) is 8.92. The van der Waals surface area contributed by atoms with E-state index in [4.69, 9.17) is 21.3 Å². The molecule has 6 aromatic carbocycles. The van der Waals surface area contributed by atoms with Crippen LogP contribution in [0, 0.1) is 0 Å². The van der Waals surface area contributed by atoms with Crippen molar-refractivity contribution in [2.24, 2.45) is 0 Å². The van der Waals surface area contributed by atoms with Crippen molar-refractivity contribution in [3.05, 3.63) is 126 Å². The van der Waals surface area contributed by atoms with Gasteiger partial charge in [-0.25, -0.2) is 0 Å². The number of benzene rings is 6. The lowest BCUT2D eigenvalue weighted by Crippen LogP contribution is -2.43. The third-order valence-corrected chi connectivity index (χ3v) is 16.4. The standard InChI is InChI=1S/C48H45N2O2PS/c1-46(2,3)28-18-20-29(21-19-28)49-37-24-22-33(47(4,5)6)41-43(37)53(54)44-38(49)25-23-34(48(7,8)9)42(44)52-40-27-30(26-39(51-41)45(40)53)50-35-16-12-10-14-31(35)32-15-11-13-17-36(32)50/h10-27H,1-9H3. The molecule has 3 aliphatic heterocycles. The van der Waals surface area contributed by atoms with E-state index in [1.165, 1.54) is 16.3 Å². The number of para-hydroxylation sites is 2. The van der Waals surface area contributed by atoms with Crippen LogP contribution < -0.4 is 30.3 Å². The first kappa shape index (κ1) is 33.7. The van der Waals surface area contributed by atoms with Crippen LogP contribution in [0.4, 0.5) is 17.1 Å². The third-order valence-electron chi connectivity index (χ3n) is 11.5. The molecule has 6 heteroatoms. The van der Waals surface area contributed by atoms with Crippen LogP contribution >= 0.6 is 6.04 Å². The van der Waals surface area contributed by atoms with Crippen LogP contribution in [0.1, 0.15) is 79.0 Å². The van der Waals surface area contributed by atoms with Crippen molar-refractivity contribution in [3.8, 4) is 28.7 Å². The molecule has 4 heterocycles. The van der Waals surface area contributed by atoms with Gasteiger partial charge in [-0.2, -0.15) is 0 Å². The van der Waals surface area contributed by atoms with Crippen molar-refractivity contribution >= 4 is 72.6 Å². The average molecular weight is 745 g/mol. The quantitative estimate of drug-likeness (QED) is 0.165. The average Bonchev–Trinajstić information content (AvgIpc) is 3.44. The zero-order valence-corrected chi connectivity index (χ0v) is 34.2. The van der Waals surface area contributed by atoms with Gasteiger partial charge in [0, 0.05) is 39.7 Å². The second kappa shape index (κ2) is 10.9. The molecule has 270 valence electrons. The number of hydrogen-bond acceptors (Lipinski definition) is 4. The van der Waals surface area contributed by atoms with Gasteiger partial charge in [-0.3, -0.25) is 0 Å². The number of aromatic nitrogens is 1. The Balaban J connectivity index is 1.32. The van der Waals surface area contributed by atoms with Crippen LogP contribution in [-0.2, 0) is 28.1 Å². The van der Waals surface area contributed by atoms with Crippen molar-refractivity contribution in [1.29, 1.82) is 0 Å². The van der Waals surface area contributed by atoms with E-state index in [0.717, 1.165) is 83.8 Å². The molecule has 7 aromatic rings. The van der Waals surface area contributed by atoms with Gasteiger partial charge in [-0.1, -0.05) is 135 Å². The first-order valence-corrected chi connectivity index (χ1v) is 21.8. The largest absolute Gasteiger partial charge is 0.455 e. The topological polar surface area (TPSA) is 26.6 Å². The normalized spacial score (nSPS) is 15.2. The van der Waals surface area contributed by atoms with E-state index in [9.17, 15) is 0 Å². The van der Waals surface area contributed by atoms with E-state index < -0.39 is 6.04 Å². The molecule has 0 atom stereocenters. The minimum Gasteiger partial charge on any atom is -0.455 e. The summed E-state index contributed by atoms with van der Waals surface area (Å²) in [6.07, 6.45) is 0. The Kier molecular flexibility index (Phi) is 6.80. The number of fused-ring (bicyclic) bond motifs is 3. The number of anilines is 3. The molecule has 10 rings (SSSR count). The number of rotatable bonds is 2. The molecule has 0 amide bonds. The fraction of sp³-hybridized carbons (Fsp3) is 0.250. The molecular formula is C48H45N2O2PS. The SMILES string of the molecule is CC(C)(C)c1ccc(N2c3ccc(C(C)(C)C)c4c3P3(=S)c5c(cc(-n6c7ccccc7c7ccccc76)cc5Oc5c(C(C)(C)C)ccc2c53)O4)cc1. The Labute approximate surface area is 323 Å². The summed E-state index contributed by atoms with van der Waals surface area (Å²) in [5.41, 5.74) is 9.84. The van der Waals surface area contributed by atoms with E-state index in [2.05, 4.69) is 181 Å². The van der Waals surface area contributed by atoms with Crippen LogP contribution in [0.5, 0.6) is 23.0 Å². The van der Waals surface area contributed by atoms with Gasteiger partial charge >= 0.3 is 0 Å². The van der Waals surface area contributed by atoms with Gasteiger partial charge in [-0.15, -0.1) is 0 Å². The van der Waals surface area contributed by atoms with Crippen molar-refractivity contribution < 1.29 is 9.47 Å². The maximum Gasteiger partial charge on any atom is 0.142 e. The van der Waals surface area contributed by atoms with Crippen molar-refractivity contribution in [1.82, 2.24) is 4.57 Å². The smallest absolute Gasteiger partial charge is 0.142 e. The highest BCUT2D eigenvalue weighted by Gasteiger charge is 2.52. The molecule has 0 N–H and O–H groups in total.